The van der Waals surface area contributed by atoms with Gasteiger partial charge in [-0.25, -0.2) is 14.9 Å². The van der Waals surface area contributed by atoms with E-state index in [4.69, 9.17) is 11.6 Å². The van der Waals surface area contributed by atoms with Gasteiger partial charge in [-0.05, 0) is 37.6 Å². The summed E-state index contributed by atoms with van der Waals surface area (Å²) in [4.78, 5) is 20.5. The first-order valence-corrected chi connectivity index (χ1v) is 8.79. The van der Waals surface area contributed by atoms with Crippen LogP contribution in [-0.2, 0) is 4.79 Å². The Labute approximate surface area is 153 Å². The van der Waals surface area contributed by atoms with Crippen LogP contribution in [0.5, 0.6) is 0 Å². The van der Waals surface area contributed by atoms with Crippen LogP contribution in [-0.4, -0.2) is 37.5 Å². The third-order valence-electron chi connectivity index (χ3n) is 3.20. The van der Waals surface area contributed by atoms with Gasteiger partial charge < -0.3 is 0 Å². The molecule has 3 rings (SSSR count). The van der Waals surface area contributed by atoms with Gasteiger partial charge in [0.25, 0.3) is 11.7 Å². The highest BCUT2D eigenvalue weighted by Gasteiger charge is 2.10. The van der Waals surface area contributed by atoms with Gasteiger partial charge in [0.2, 0.25) is 5.16 Å². The number of thioether (sulfide) groups is 1. The van der Waals surface area contributed by atoms with Crippen LogP contribution in [0.3, 0.4) is 0 Å². The van der Waals surface area contributed by atoms with Crippen molar-refractivity contribution < 1.29 is 4.79 Å². The van der Waals surface area contributed by atoms with Crippen LogP contribution in [0, 0.1) is 13.8 Å². The largest absolute Gasteiger partial charge is 0.272 e. The summed E-state index contributed by atoms with van der Waals surface area (Å²) in [7, 11) is 0. The number of amides is 1. The summed E-state index contributed by atoms with van der Waals surface area (Å²) in [6.45, 7) is 3.84. The third kappa shape index (κ3) is 4.55. The normalized spacial score (nSPS) is 11.3. The van der Waals surface area contributed by atoms with Crippen LogP contribution >= 0.6 is 23.4 Å². The summed E-state index contributed by atoms with van der Waals surface area (Å²) in [5.41, 5.74) is 5.13. The van der Waals surface area contributed by atoms with Crippen molar-refractivity contribution >= 4 is 41.3 Å². The summed E-state index contributed by atoms with van der Waals surface area (Å²) in [5.74, 6) is 0.448. The summed E-state index contributed by atoms with van der Waals surface area (Å²) in [6.07, 6.45) is 1.55. The Morgan fingerprint density at radius 2 is 2.08 bits per heavy atom. The summed E-state index contributed by atoms with van der Waals surface area (Å²) in [5, 5.41) is 9.40. The number of carbonyl (C=O) groups is 1. The fraction of sp³-hybridized carbons (Fsp3) is 0.188. The number of halogens is 1. The molecule has 128 valence electrons. The number of fused-ring (bicyclic) bond motifs is 1. The molecule has 0 aliphatic heterocycles. The number of hydrazone groups is 1. The van der Waals surface area contributed by atoms with Crippen LogP contribution in [0.2, 0.25) is 5.02 Å². The average Bonchev–Trinajstić information content (AvgIpc) is 2.98. The highest BCUT2D eigenvalue weighted by atomic mass is 35.5. The molecule has 2 heterocycles. The van der Waals surface area contributed by atoms with Crippen LogP contribution in [0.1, 0.15) is 17.0 Å². The predicted octanol–water partition coefficient (Wildman–Crippen LogP) is 2.64. The first kappa shape index (κ1) is 17.4. The molecule has 9 heteroatoms. The zero-order valence-electron chi connectivity index (χ0n) is 13.6. The lowest BCUT2D eigenvalue weighted by molar-refractivity contribution is -0.118. The second kappa shape index (κ2) is 7.62. The maximum atomic E-state index is 11.9. The Morgan fingerprint density at radius 3 is 2.84 bits per heavy atom. The van der Waals surface area contributed by atoms with Crippen LogP contribution in [0.15, 0.2) is 40.6 Å². The Bertz CT molecular complexity index is 938. The lowest BCUT2D eigenvalue weighted by Gasteiger charge is -1.98. The van der Waals surface area contributed by atoms with Gasteiger partial charge in [-0.2, -0.15) is 10.1 Å². The van der Waals surface area contributed by atoms with Gasteiger partial charge >= 0.3 is 0 Å². The van der Waals surface area contributed by atoms with Gasteiger partial charge in [0.1, 0.15) is 0 Å². The van der Waals surface area contributed by atoms with Crippen molar-refractivity contribution in [1.82, 2.24) is 25.0 Å². The molecule has 0 aliphatic rings. The van der Waals surface area contributed by atoms with Crippen molar-refractivity contribution in [3.63, 3.8) is 0 Å². The molecule has 0 saturated heterocycles. The number of nitrogens with one attached hydrogen (secondary N) is 1. The number of aromatic nitrogens is 4. The molecule has 0 bridgehead atoms. The number of nitrogens with zero attached hydrogens (tertiary/aromatic N) is 5. The van der Waals surface area contributed by atoms with Gasteiger partial charge in [-0.1, -0.05) is 35.5 Å². The lowest BCUT2D eigenvalue weighted by atomic mass is 10.2. The number of rotatable bonds is 5. The van der Waals surface area contributed by atoms with E-state index in [9.17, 15) is 4.79 Å². The number of carbonyl (C=O) groups excluding carboxylic acids is 1. The van der Waals surface area contributed by atoms with Crippen molar-refractivity contribution in [1.29, 1.82) is 0 Å². The highest BCUT2D eigenvalue weighted by Crippen LogP contribution is 2.15. The molecule has 0 aliphatic carbocycles. The molecule has 1 amide bonds. The monoisotopic (exact) mass is 374 g/mol. The molecular formula is C16H15ClN6OS. The molecular weight excluding hydrogens is 360 g/mol. The van der Waals surface area contributed by atoms with E-state index in [1.165, 1.54) is 11.8 Å². The number of hydrogen-bond donors (Lipinski definition) is 1. The summed E-state index contributed by atoms with van der Waals surface area (Å²) < 4.78 is 1.66. The lowest BCUT2D eigenvalue weighted by Crippen LogP contribution is -2.19. The smallest absolute Gasteiger partial charge is 0.253 e. The quantitative estimate of drug-likeness (QED) is 0.421. The summed E-state index contributed by atoms with van der Waals surface area (Å²) in [6, 6.07) is 9.06. The summed E-state index contributed by atoms with van der Waals surface area (Å²) >= 11 is 7.04. The standard InChI is InChI=1S/C16H15ClN6OS/c1-10-7-11(2)23-15(19-10)20-16(22-23)25-9-14(24)21-18-8-12-3-5-13(17)6-4-12/h3-8H,9H2,1-2H3,(H,21,24)/b18-8+. The van der Waals surface area contributed by atoms with Crippen molar-refractivity contribution in [2.75, 3.05) is 5.75 Å². The second-order valence-corrected chi connectivity index (χ2v) is 6.66. The van der Waals surface area contributed by atoms with Gasteiger partial charge in [-0.15, -0.1) is 5.10 Å². The molecule has 1 N–H and O–H groups in total. The van der Waals surface area contributed by atoms with E-state index in [1.807, 2.05) is 32.0 Å². The Hall–Kier alpha value is -2.45. The zero-order valence-corrected chi connectivity index (χ0v) is 15.2. The Morgan fingerprint density at radius 1 is 1.32 bits per heavy atom. The molecule has 0 radical (unpaired) electrons. The fourth-order valence-corrected chi connectivity index (χ4v) is 2.84. The highest BCUT2D eigenvalue weighted by molar-refractivity contribution is 7.99. The van der Waals surface area contributed by atoms with E-state index in [2.05, 4.69) is 25.6 Å². The number of aryl methyl sites for hydroxylation is 2. The molecule has 0 unspecified atom stereocenters. The molecule has 1 aromatic carbocycles. The minimum absolute atomic E-state index is 0.160. The van der Waals surface area contributed by atoms with Crippen molar-refractivity contribution in [2.24, 2.45) is 5.10 Å². The number of hydrogen-bond acceptors (Lipinski definition) is 6. The molecule has 0 atom stereocenters. The molecule has 0 fully saturated rings. The van der Waals surface area contributed by atoms with E-state index in [0.29, 0.717) is 16.0 Å². The Kier molecular flexibility index (Phi) is 5.30. The topological polar surface area (TPSA) is 84.5 Å². The molecule has 3 aromatic rings. The minimum Gasteiger partial charge on any atom is -0.272 e. The van der Waals surface area contributed by atoms with Gasteiger partial charge in [0.15, 0.2) is 0 Å². The second-order valence-electron chi connectivity index (χ2n) is 5.28. The van der Waals surface area contributed by atoms with Crippen molar-refractivity contribution in [3.05, 3.63) is 52.3 Å². The van der Waals surface area contributed by atoms with E-state index in [0.717, 1.165) is 17.0 Å². The van der Waals surface area contributed by atoms with E-state index < -0.39 is 0 Å². The van der Waals surface area contributed by atoms with E-state index in [-0.39, 0.29) is 11.7 Å². The molecule has 2 aromatic heterocycles. The SMILES string of the molecule is Cc1cc(C)n2nc(SCC(=O)N/N=C/c3ccc(Cl)cc3)nc2n1. The van der Waals surface area contributed by atoms with Crippen molar-refractivity contribution in [2.45, 2.75) is 19.0 Å². The average molecular weight is 375 g/mol. The van der Waals surface area contributed by atoms with Crippen molar-refractivity contribution in [3.8, 4) is 0 Å². The molecule has 0 spiro atoms. The van der Waals surface area contributed by atoms with Gasteiger partial charge in [0, 0.05) is 16.4 Å². The molecule has 25 heavy (non-hydrogen) atoms. The molecule has 0 saturated carbocycles. The predicted molar refractivity (Wildman–Crippen MR) is 98.2 cm³/mol. The van der Waals surface area contributed by atoms with Gasteiger partial charge in [-0.3, -0.25) is 4.79 Å². The molecule has 7 nitrogen and oxygen atoms in total. The third-order valence-corrected chi connectivity index (χ3v) is 4.29. The fourth-order valence-electron chi connectivity index (χ4n) is 2.10. The van der Waals surface area contributed by atoms with E-state index in [1.54, 1.807) is 22.9 Å². The first-order chi connectivity index (χ1) is 12.0. The maximum absolute atomic E-state index is 11.9. The van der Waals surface area contributed by atoms with Crippen LogP contribution in [0.4, 0.5) is 0 Å². The van der Waals surface area contributed by atoms with Crippen LogP contribution < -0.4 is 5.43 Å². The number of benzene rings is 1. The van der Waals surface area contributed by atoms with Crippen LogP contribution in [0.25, 0.3) is 5.78 Å². The Balaban J connectivity index is 1.55. The van der Waals surface area contributed by atoms with Gasteiger partial charge in [0.05, 0.1) is 12.0 Å². The minimum atomic E-state index is -0.241. The maximum Gasteiger partial charge on any atom is 0.253 e. The van der Waals surface area contributed by atoms with E-state index >= 15 is 0 Å². The zero-order chi connectivity index (χ0) is 17.8. The first-order valence-electron chi connectivity index (χ1n) is 7.42.